The molecule has 0 heterocycles. The zero-order valence-electron chi connectivity index (χ0n) is 12.2. The molecule has 1 aromatic rings. The first-order chi connectivity index (χ1) is 10.0. The van der Waals surface area contributed by atoms with Crippen molar-refractivity contribution in [1.82, 2.24) is 5.32 Å². The van der Waals surface area contributed by atoms with E-state index in [0.717, 1.165) is 11.4 Å². The van der Waals surface area contributed by atoms with E-state index >= 15 is 0 Å². The zero-order valence-corrected chi connectivity index (χ0v) is 12.2. The van der Waals surface area contributed by atoms with Gasteiger partial charge in [0.25, 0.3) is 0 Å². The maximum absolute atomic E-state index is 12.2. The molecule has 2 atom stereocenters. The Kier molecular flexibility index (Phi) is 4.67. The number of anilines is 1. The summed E-state index contributed by atoms with van der Waals surface area (Å²) in [5, 5.41) is 11.8. The second-order valence-electron chi connectivity index (χ2n) is 5.25. The molecule has 21 heavy (non-hydrogen) atoms. The van der Waals surface area contributed by atoms with Crippen molar-refractivity contribution in [1.29, 1.82) is 0 Å². The summed E-state index contributed by atoms with van der Waals surface area (Å²) in [5.41, 5.74) is 0.751. The summed E-state index contributed by atoms with van der Waals surface area (Å²) >= 11 is 0. The minimum atomic E-state index is -0.782. The third kappa shape index (κ3) is 3.65. The number of carbonyl (C=O) groups excluding carboxylic acids is 1. The fourth-order valence-electron chi connectivity index (χ4n) is 2.53. The lowest BCUT2D eigenvalue weighted by atomic mass is 10.1. The number of rotatable bonds is 4. The van der Waals surface area contributed by atoms with Crippen LogP contribution in [0.25, 0.3) is 0 Å². The summed E-state index contributed by atoms with van der Waals surface area (Å²) in [6.45, 7) is 0. The van der Waals surface area contributed by atoms with Gasteiger partial charge in [-0.25, -0.2) is 4.79 Å². The minimum Gasteiger partial charge on any atom is -0.497 e. The van der Waals surface area contributed by atoms with Crippen molar-refractivity contribution in [3.05, 3.63) is 24.3 Å². The number of urea groups is 1. The van der Waals surface area contributed by atoms with E-state index in [1.165, 1.54) is 4.90 Å². The highest BCUT2D eigenvalue weighted by atomic mass is 16.5. The summed E-state index contributed by atoms with van der Waals surface area (Å²) in [4.78, 5) is 24.6. The van der Waals surface area contributed by atoms with E-state index in [1.807, 2.05) is 0 Å². The lowest BCUT2D eigenvalue weighted by molar-refractivity contribution is -0.141. The van der Waals surface area contributed by atoms with Gasteiger partial charge < -0.3 is 15.2 Å². The zero-order chi connectivity index (χ0) is 15.4. The summed E-state index contributed by atoms with van der Waals surface area (Å²) in [5.74, 6) is -0.399. The van der Waals surface area contributed by atoms with Crippen LogP contribution in [0.4, 0.5) is 10.5 Å². The van der Waals surface area contributed by atoms with Crippen LogP contribution < -0.4 is 15.0 Å². The highest BCUT2D eigenvalue weighted by Gasteiger charge is 2.31. The normalized spacial score (nSPS) is 20.9. The van der Waals surface area contributed by atoms with Gasteiger partial charge in [-0.2, -0.15) is 0 Å². The molecule has 0 aliphatic heterocycles. The average molecular weight is 292 g/mol. The summed E-state index contributed by atoms with van der Waals surface area (Å²) < 4.78 is 5.08. The van der Waals surface area contributed by atoms with Gasteiger partial charge in [-0.1, -0.05) is 0 Å². The standard InChI is InChI=1S/C15H20N2O4/c1-17(12-5-7-13(21-2)8-6-12)15(20)16-11-4-3-10(9-11)14(18)19/h5-8,10-11H,3-4,9H2,1-2H3,(H,16,20)(H,18,19)/t10-,11+/m1/s1. The van der Waals surface area contributed by atoms with Crippen LogP contribution in [-0.4, -0.2) is 37.3 Å². The van der Waals surface area contributed by atoms with Crippen molar-refractivity contribution in [3.8, 4) is 5.75 Å². The molecule has 0 saturated heterocycles. The molecular weight excluding hydrogens is 272 g/mol. The quantitative estimate of drug-likeness (QED) is 0.890. The van der Waals surface area contributed by atoms with Gasteiger partial charge in [-0.15, -0.1) is 0 Å². The average Bonchev–Trinajstić information content (AvgIpc) is 2.95. The SMILES string of the molecule is COc1ccc(N(C)C(=O)N[C@H]2CC[C@@H](C(=O)O)C2)cc1. The number of carboxylic acid groups (broad SMARTS) is 1. The van der Waals surface area contributed by atoms with Gasteiger partial charge in [0.2, 0.25) is 0 Å². The van der Waals surface area contributed by atoms with Gasteiger partial charge in [0.1, 0.15) is 5.75 Å². The van der Waals surface area contributed by atoms with E-state index in [1.54, 1.807) is 38.4 Å². The molecule has 1 aliphatic carbocycles. The van der Waals surface area contributed by atoms with E-state index in [0.29, 0.717) is 19.3 Å². The number of nitrogens with one attached hydrogen (secondary N) is 1. The number of ether oxygens (including phenoxy) is 1. The minimum absolute atomic E-state index is 0.0701. The number of carbonyl (C=O) groups is 2. The number of hydrogen-bond acceptors (Lipinski definition) is 3. The van der Waals surface area contributed by atoms with E-state index in [9.17, 15) is 9.59 Å². The van der Waals surface area contributed by atoms with Crippen LogP contribution in [0.2, 0.25) is 0 Å². The number of amides is 2. The van der Waals surface area contributed by atoms with Crippen LogP contribution in [0.3, 0.4) is 0 Å². The topological polar surface area (TPSA) is 78.9 Å². The highest BCUT2D eigenvalue weighted by molar-refractivity contribution is 5.91. The van der Waals surface area contributed by atoms with Crippen molar-refractivity contribution in [2.24, 2.45) is 5.92 Å². The highest BCUT2D eigenvalue weighted by Crippen LogP contribution is 2.26. The van der Waals surface area contributed by atoms with Gasteiger partial charge in [-0.05, 0) is 43.5 Å². The number of aliphatic carboxylic acids is 1. The summed E-state index contributed by atoms with van der Waals surface area (Å²) in [6.07, 6.45) is 1.82. The van der Waals surface area contributed by atoms with Crippen LogP contribution in [0.15, 0.2) is 24.3 Å². The van der Waals surface area contributed by atoms with E-state index in [4.69, 9.17) is 9.84 Å². The molecule has 6 heteroatoms. The predicted molar refractivity (Wildman–Crippen MR) is 78.7 cm³/mol. The van der Waals surface area contributed by atoms with Crippen molar-refractivity contribution >= 4 is 17.7 Å². The molecule has 2 N–H and O–H groups in total. The van der Waals surface area contributed by atoms with Crippen LogP contribution >= 0.6 is 0 Å². The van der Waals surface area contributed by atoms with E-state index in [2.05, 4.69) is 5.32 Å². The number of nitrogens with zero attached hydrogens (tertiary/aromatic N) is 1. The Labute approximate surface area is 123 Å². The van der Waals surface area contributed by atoms with Crippen LogP contribution in [0, 0.1) is 5.92 Å². The number of carboxylic acids is 1. The Morgan fingerprint density at radius 3 is 2.48 bits per heavy atom. The summed E-state index contributed by atoms with van der Waals surface area (Å²) in [6, 6.07) is 6.88. The van der Waals surface area contributed by atoms with Gasteiger partial charge in [0, 0.05) is 18.8 Å². The van der Waals surface area contributed by atoms with E-state index < -0.39 is 5.97 Å². The second kappa shape index (κ2) is 6.47. The van der Waals surface area contributed by atoms with Crippen molar-refractivity contribution in [3.63, 3.8) is 0 Å². The maximum atomic E-state index is 12.2. The van der Waals surface area contributed by atoms with Crippen molar-refractivity contribution < 1.29 is 19.4 Å². The Morgan fingerprint density at radius 1 is 1.29 bits per heavy atom. The van der Waals surface area contributed by atoms with E-state index in [-0.39, 0.29) is 18.0 Å². The molecule has 6 nitrogen and oxygen atoms in total. The first-order valence-corrected chi connectivity index (χ1v) is 6.92. The van der Waals surface area contributed by atoms with Crippen LogP contribution in [0.1, 0.15) is 19.3 Å². The molecule has 1 fully saturated rings. The first-order valence-electron chi connectivity index (χ1n) is 6.92. The molecule has 0 aromatic heterocycles. The predicted octanol–water partition coefficient (Wildman–Crippen LogP) is 2.09. The molecule has 114 valence electrons. The first kappa shape index (κ1) is 15.2. The van der Waals surface area contributed by atoms with Crippen molar-refractivity contribution in [2.75, 3.05) is 19.1 Å². The lowest BCUT2D eigenvalue weighted by Crippen LogP contribution is -2.42. The van der Waals surface area contributed by atoms with Crippen molar-refractivity contribution in [2.45, 2.75) is 25.3 Å². The Hall–Kier alpha value is -2.24. The molecule has 1 saturated carbocycles. The van der Waals surface area contributed by atoms with Gasteiger partial charge in [0.05, 0.1) is 13.0 Å². The lowest BCUT2D eigenvalue weighted by Gasteiger charge is -2.21. The Bertz CT molecular complexity index is 515. The molecule has 2 rings (SSSR count). The third-order valence-corrected chi connectivity index (χ3v) is 3.87. The Morgan fingerprint density at radius 2 is 1.95 bits per heavy atom. The van der Waals surface area contributed by atoms with Crippen LogP contribution in [-0.2, 0) is 4.79 Å². The van der Waals surface area contributed by atoms with Gasteiger partial charge in [-0.3, -0.25) is 9.69 Å². The fraction of sp³-hybridized carbons (Fsp3) is 0.467. The molecule has 2 amide bonds. The van der Waals surface area contributed by atoms with Crippen LogP contribution in [0.5, 0.6) is 5.75 Å². The monoisotopic (exact) mass is 292 g/mol. The molecule has 1 aliphatic rings. The fourth-order valence-corrected chi connectivity index (χ4v) is 2.53. The maximum Gasteiger partial charge on any atom is 0.321 e. The van der Waals surface area contributed by atoms with Gasteiger partial charge >= 0.3 is 12.0 Å². The Balaban J connectivity index is 1.92. The largest absolute Gasteiger partial charge is 0.497 e. The molecule has 0 spiro atoms. The molecular formula is C15H20N2O4. The molecule has 0 bridgehead atoms. The number of methoxy groups -OCH3 is 1. The van der Waals surface area contributed by atoms with Gasteiger partial charge in [0.15, 0.2) is 0 Å². The second-order valence-corrected chi connectivity index (χ2v) is 5.25. The smallest absolute Gasteiger partial charge is 0.321 e. The number of benzene rings is 1. The third-order valence-electron chi connectivity index (χ3n) is 3.87. The molecule has 1 aromatic carbocycles. The molecule has 0 radical (unpaired) electrons. The number of hydrogen-bond donors (Lipinski definition) is 2. The molecule has 0 unspecified atom stereocenters. The summed E-state index contributed by atoms with van der Waals surface area (Å²) in [7, 11) is 3.27.